The summed E-state index contributed by atoms with van der Waals surface area (Å²) in [4.78, 5) is 22.3. The summed E-state index contributed by atoms with van der Waals surface area (Å²) in [7, 11) is 1.41. The zero-order valence-electron chi connectivity index (χ0n) is 9.61. The molecule has 1 amide bonds. The van der Waals surface area contributed by atoms with E-state index in [1.807, 2.05) is 6.92 Å². The third-order valence-electron chi connectivity index (χ3n) is 2.50. The van der Waals surface area contributed by atoms with E-state index in [-0.39, 0.29) is 5.92 Å². The molecule has 0 aromatic rings. The van der Waals surface area contributed by atoms with Gasteiger partial charge < -0.3 is 15.2 Å². The first-order valence-corrected chi connectivity index (χ1v) is 5.00. The number of methoxy groups -OCH3 is 1. The molecule has 3 unspecified atom stereocenters. The summed E-state index contributed by atoms with van der Waals surface area (Å²) in [5, 5.41) is 11.4. The van der Waals surface area contributed by atoms with Crippen molar-refractivity contribution in [3.8, 4) is 0 Å². The Kier molecular flexibility index (Phi) is 5.93. The molecule has 3 atom stereocenters. The maximum atomic E-state index is 11.4. The molecule has 0 radical (unpaired) electrons. The van der Waals surface area contributed by atoms with Gasteiger partial charge in [-0.1, -0.05) is 20.3 Å². The van der Waals surface area contributed by atoms with E-state index >= 15 is 0 Å². The maximum Gasteiger partial charge on any atom is 0.326 e. The van der Waals surface area contributed by atoms with E-state index in [9.17, 15) is 9.59 Å². The van der Waals surface area contributed by atoms with Crippen LogP contribution in [0.4, 0.5) is 0 Å². The summed E-state index contributed by atoms with van der Waals surface area (Å²) in [5.74, 6) is -1.51. The van der Waals surface area contributed by atoms with Gasteiger partial charge in [-0.15, -0.1) is 0 Å². The number of carboxylic acid groups (broad SMARTS) is 1. The second-order valence-corrected chi connectivity index (χ2v) is 3.59. The van der Waals surface area contributed by atoms with Crippen molar-refractivity contribution in [2.75, 3.05) is 7.11 Å². The van der Waals surface area contributed by atoms with Gasteiger partial charge >= 0.3 is 5.97 Å². The van der Waals surface area contributed by atoms with E-state index in [0.29, 0.717) is 6.42 Å². The minimum atomic E-state index is -1.01. The van der Waals surface area contributed by atoms with Crippen LogP contribution in [0.3, 0.4) is 0 Å². The van der Waals surface area contributed by atoms with Crippen LogP contribution in [0, 0.1) is 5.92 Å². The molecule has 88 valence electrons. The van der Waals surface area contributed by atoms with Gasteiger partial charge in [-0.05, 0) is 12.8 Å². The van der Waals surface area contributed by atoms with Gasteiger partial charge in [0.05, 0.1) is 0 Å². The van der Waals surface area contributed by atoms with Crippen LogP contribution in [0.2, 0.25) is 0 Å². The monoisotopic (exact) mass is 217 g/mol. The van der Waals surface area contributed by atoms with Crippen molar-refractivity contribution in [1.29, 1.82) is 0 Å². The van der Waals surface area contributed by atoms with Gasteiger partial charge in [0, 0.05) is 7.11 Å². The van der Waals surface area contributed by atoms with E-state index in [2.05, 4.69) is 5.32 Å². The summed E-state index contributed by atoms with van der Waals surface area (Å²) in [5.41, 5.74) is 0. The molecule has 0 aliphatic rings. The van der Waals surface area contributed by atoms with Crippen LogP contribution < -0.4 is 5.32 Å². The Morgan fingerprint density at radius 3 is 2.27 bits per heavy atom. The smallest absolute Gasteiger partial charge is 0.326 e. The minimum Gasteiger partial charge on any atom is -0.480 e. The molecular formula is C10H19NO4. The fraction of sp³-hybridized carbons (Fsp3) is 0.800. The Morgan fingerprint density at radius 1 is 1.40 bits per heavy atom. The number of hydrogen-bond donors (Lipinski definition) is 2. The molecule has 0 fully saturated rings. The lowest BCUT2D eigenvalue weighted by Gasteiger charge is -2.21. The normalized spacial score (nSPS) is 16.5. The molecule has 0 aromatic heterocycles. The predicted octanol–water partition coefficient (Wildman–Crippen LogP) is 0.637. The standard InChI is InChI=1S/C10H19NO4/c1-5-6(2)8(10(13)14)11-9(12)7(3)15-4/h6-8H,5H2,1-4H3,(H,11,12)(H,13,14). The van der Waals surface area contributed by atoms with Crippen molar-refractivity contribution in [3.05, 3.63) is 0 Å². The number of ether oxygens (including phenoxy) is 1. The lowest BCUT2D eigenvalue weighted by atomic mass is 9.99. The van der Waals surface area contributed by atoms with Crippen LogP contribution in [-0.4, -0.2) is 36.2 Å². The second kappa shape index (κ2) is 6.40. The van der Waals surface area contributed by atoms with E-state index in [1.165, 1.54) is 7.11 Å². The van der Waals surface area contributed by atoms with Crippen molar-refractivity contribution in [2.45, 2.75) is 39.3 Å². The summed E-state index contributed by atoms with van der Waals surface area (Å²) in [6.45, 7) is 5.24. The topological polar surface area (TPSA) is 75.6 Å². The Balaban J connectivity index is 4.42. The highest BCUT2D eigenvalue weighted by Crippen LogP contribution is 2.08. The molecule has 2 N–H and O–H groups in total. The average molecular weight is 217 g/mol. The largest absolute Gasteiger partial charge is 0.480 e. The van der Waals surface area contributed by atoms with E-state index in [1.54, 1.807) is 13.8 Å². The Bertz CT molecular complexity index is 229. The van der Waals surface area contributed by atoms with Crippen molar-refractivity contribution in [2.24, 2.45) is 5.92 Å². The third-order valence-corrected chi connectivity index (χ3v) is 2.50. The molecule has 0 heterocycles. The van der Waals surface area contributed by atoms with Crippen molar-refractivity contribution >= 4 is 11.9 Å². The van der Waals surface area contributed by atoms with Crippen LogP contribution in [-0.2, 0) is 14.3 Å². The zero-order valence-corrected chi connectivity index (χ0v) is 9.61. The second-order valence-electron chi connectivity index (χ2n) is 3.59. The molecule has 0 saturated heterocycles. The molecule has 5 heteroatoms. The quantitative estimate of drug-likeness (QED) is 0.684. The number of amides is 1. The predicted molar refractivity (Wildman–Crippen MR) is 55.5 cm³/mol. The van der Waals surface area contributed by atoms with Crippen LogP contribution >= 0.6 is 0 Å². The molecule has 0 aromatic carbocycles. The molecule has 0 rings (SSSR count). The van der Waals surface area contributed by atoms with Crippen molar-refractivity contribution in [3.63, 3.8) is 0 Å². The highest BCUT2D eigenvalue weighted by molar-refractivity contribution is 5.86. The summed E-state index contributed by atoms with van der Waals surface area (Å²) in [6, 6.07) is -0.847. The number of carbonyl (C=O) groups is 2. The van der Waals surface area contributed by atoms with Crippen LogP contribution in [0.5, 0.6) is 0 Å². The van der Waals surface area contributed by atoms with Gasteiger partial charge in [-0.3, -0.25) is 4.79 Å². The Labute approximate surface area is 89.8 Å². The first-order chi connectivity index (χ1) is 6.93. The maximum absolute atomic E-state index is 11.4. The van der Waals surface area contributed by atoms with Crippen molar-refractivity contribution in [1.82, 2.24) is 5.32 Å². The van der Waals surface area contributed by atoms with Gasteiger partial charge in [-0.2, -0.15) is 0 Å². The summed E-state index contributed by atoms with van der Waals surface area (Å²) < 4.78 is 4.80. The zero-order chi connectivity index (χ0) is 12.0. The third kappa shape index (κ3) is 4.29. The first kappa shape index (κ1) is 13.9. The number of nitrogens with one attached hydrogen (secondary N) is 1. The average Bonchev–Trinajstić information content (AvgIpc) is 2.22. The fourth-order valence-electron chi connectivity index (χ4n) is 1.06. The fourth-order valence-corrected chi connectivity index (χ4v) is 1.06. The van der Waals surface area contributed by atoms with Gasteiger partial charge in [0.1, 0.15) is 12.1 Å². The SMILES string of the molecule is CCC(C)C(NC(=O)C(C)OC)C(=O)O. The number of carbonyl (C=O) groups excluding carboxylic acids is 1. The Morgan fingerprint density at radius 2 is 1.93 bits per heavy atom. The molecule has 5 nitrogen and oxygen atoms in total. The van der Waals surface area contributed by atoms with Crippen molar-refractivity contribution < 1.29 is 19.4 Å². The van der Waals surface area contributed by atoms with Crippen LogP contribution in [0.15, 0.2) is 0 Å². The Hall–Kier alpha value is -1.10. The van der Waals surface area contributed by atoms with E-state index in [0.717, 1.165) is 0 Å². The van der Waals surface area contributed by atoms with Gasteiger partial charge in [0.25, 0.3) is 0 Å². The van der Waals surface area contributed by atoms with Crippen LogP contribution in [0.25, 0.3) is 0 Å². The summed E-state index contributed by atoms with van der Waals surface area (Å²) in [6.07, 6.45) is 0.0643. The number of aliphatic carboxylic acids is 1. The molecular weight excluding hydrogens is 198 g/mol. The van der Waals surface area contributed by atoms with E-state index in [4.69, 9.17) is 9.84 Å². The lowest BCUT2D eigenvalue weighted by Crippen LogP contribution is -2.48. The highest BCUT2D eigenvalue weighted by atomic mass is 16.5. The highest BCUT2D eigenvalue weighted by Gasteiger charge is 2.26. The first-order valence-electron chi connectivity index (χ1n) is 5.00. The number of rotatable bonds is 6. The molecule has 0 saturated carbocycles. The molecule has 0 aliphatic carbocycles. The van der Waals surface area contributed by atoms with E-state index < -0.39 is 24.0 Å². The molecule has 0 aliphatic heterocycles. The van der Waals surface area contributed by atoms with Gasteiger partial charge in [-0.25, -0.2) is 4.79 Å². The number of carboxylic acids is 1. The minimum absolute atomic E-state index is 0.101. The molecule has 0 bridgehead atoms. The molecule has 0 spiro atoms. The van der Waals surface area contributed by atoms with Gasteiger partial charge in [0.15, 0.2) is 0 Å². The lowest BCUT2D eigenvalue weighted by molar-refractivity contribution is -0.145. The summed E-state index contributed by atoms with van der Waals surface area (Å²) >= 11 is 0. The number of hydrogen-bond acceptors (Lipinski definition) is 3. The van der Waals surface area contributed by atoms with Crippen LogP contribution in [0.1, 0.15) is 27.2 Å². The molecule has 15 heavy (non-hydrogen) atoms. The van der Waals surface area contributed by atoms with Gasteiger partial charge in [0.2, 0.25) is 5.91 Å².